The van der Waals surface area contributed by atoms with Gasteiger partial charge >= 0.3 is 11.5 Å². The lowest BCUT2D eigenvalue weighted by Gasteiger charge is -2.24. The smallest absolute Gasteiger partial charge is 0.393 e. The van der Waals surface area contributed by atoms with Crippen LogP contribution in [0.1, 0.15) is 84.0 Å². The van der Waals surface area contributed by atoms with Crippen LogP contribution in [0.15, 0.2) is 58.8 Å². The van der Waals surface area contributed by atoms with Crippen LogP contribution < -0.4 is 0 Å². The number of nitrogens with zero attached hydrogens (tertiary/aromatic N) is 4. The molecule has 0 atom stereocenters. The van der Waals surface area contributed by atoms with Crippen LogP contribution in [0.25, 0.3) is 9.69 Å². The molecule has 0 spiro atoms. The molecule has 0 aromatic carbocycles. The van der Waals surface area contributed by atoms with Crippen LogP contribution in [0.5, 0.6) is 0 Å². The van der Waals surface area contributed by atoms with Gasteiger partial charge in [-0.2, -0.15) is 0 Å². The standard InChI is InChI=1S/C12H14N2S.C9H13NO2.C9H13NS/c1-13-12(8-4-2-5-9-12)15-11-7-3-6-10-14-11;1-10-9(8(11)12-2)6-4-3-5-7-9;1-2-3-8-11-9-6-4-5-7-10-9/h3,6-7,10H,2,4-5,8-9H2;3-7H2,2H3;4-7H,2-3,8H2,1H3. The molecule has 204 valence electrons. The van der Waals surface area contributed by atoms with Crippen molar-refractivity contribution in [2.24, 2.45) is 0 Å². The summed E-state index contributed by atoms with van der Waals surface area (Å²) < 4.78 is 4.63. The fourth-order valence-electron chi connectivity index (χ4n) is 4.38. The first kappa shape index (κ1) is 31.7. The van der Waals surface area contributed by atoms with Gasteiger partial charge in [0.25, 0.3) is 4.87 Å². The van der Waals surface area contributed by atoms with Gasteiger partial charge in [-0.1, -0.05) is 38.3 Å². The predicted molar refractivity (Wildman–Crippen MR) is 157 cm³/mol. The molecule has 2 aliphatic rings. The van der Waals surface area contributed by atoms with Crippen LogP contribution in [0.2, 0.25) is 0 Å². The Bertz CT molecular complexity index is 1010. The summed E-state index contributed by atoms with van der Waals surface area (Å²) in [5, 5.41) is 2.12. The number of unbranched alkanes of at least 4 members (excludes halogenated alkanes) is 1. The Morgan fingerprint density at radius 1 is 0.895 bits per heavy atom. The molecule has 2 fully saturated rings. The summed E-state index contributed by atoms with van der Waals surface area (Å²) in [6, 6.07) is 11.9. The summed E-state index contributed by atoms with van der Waals surface area (Å²) in [5.41, 5.74) is -0.840. The SMILES string of the molecule is CCCCSc1ccccn1.[C-]#[N+]C1(C(=O)OC)CCCCC1.[C-]#[N+]C1(Sc2ccccn2)CCCCC1. The molecule has 2 aromatic rings. The number of hydrogen-bond acceptors (Lipinski definition) is 6. The Balaban J connectivity index is 0.000000203. The minimum atomic E-state index is -0.840. The van der Waals surface area contributed by atoms with E-state index in [1.807, 2.05) is 48.3 Å². The third kappa shape index (κ3) is 10.7. The van der Waals surface area contributed by atoms with E-state index in [1.54, 1.807) is 18.0 Å². The molecule has 2 aliphatic carbocycles. The highest BCUT2D eigenvalue weighted by Gasteiger charge is 2.47. The van der Waals surface area contributed by atoms with Crippen LogP contribution >= 0.6 is 23.5 Å². The van der Waals surface area contributed by atoms with Crippen molar-refractivity contribution in [3.05, 3.63) is 71.6 Å². The average molecular weight is 553 g/mol. The molecular weight excluding hydrogens is 512 g/mol. The summed E-state index contributed by atoms with van der Waals surface area (Å²) >= 11 is 3.48. The number of carbonyl (C=O) groups excluding carboxylic acids is 1. The zero-order valence-electron chi connectivity index (χ0n) is 22.7. The second kappa shape index (κ2) is 17.9. The molecular formula is C30H40N4O2S2. The van der Waals surface area contributed by atoms with Gasteiger partial charge in [0.1, 0.15) is 5.03 Å². The number of rotatable bonds is 7. The topological polar surface area (TPSA) is 60.8 Å². The first-order valence-corrected chi connectivity index (χ1v) is 15.3. The van der Waals surface area contributed by atoms with Crippen molar-refractivity contribution in [3.8, 4) is 0 Å². The molecule has 0 bridgehead atoms. The van der Waals surface area contributed by atoms with E-state index in [4.69, 9.17) is 13.1 Å². The quantitative estimate of drug-likeness (QED) is 0.148. The number of carbonyl (C=O) groups is 1. The molecule has 2 heterocycles. The lowest BCUT2D eigenvalue weighted by molar-refractivity contribution is -0.146. The summed E-state index contributed by atoms with van der Waals surface area (Å²) in [7, 11) is 1.35. The average Bonchev–Trinajstić information content (AvgIpc) is 2.99. The molecule has 2 aromatic heterocycles. The van der Waals surface area contributed by atoms with Gasteiger partial charge in [0.15, 0.2) is 0 Å². The maximum Gasteiger partial charge on any atom is 0.393 e. The molecule has 0 amide bonds. The fraction of sp³-hybridized carbons (Fsp3) is 0.567. The molecule has 38 heavy (non-hydrogen) atoms. The molecule has 8 heteroatoms. The van der Waals surface area contributed by atoms with Gasteiger partial charge in [0, 0.05) is 38.1 Å². The first-order valence-electron chi connectivity index (χ1n) is 13.5. The van der Waals surface area contributed by atoms with Crippen molar-refractivity contribution in [1.29, 1.82) is 0 Å². The van der Waals surface area contributed by atoms with E-state index >= 15 is 0 Å². The van der Waals surface area contributed by atoms with E-state index in [2.05, 4.69) is 37.4 Å². The molecule has 0 radical (unpaired) electrons. The highest BCUT2D eigenvalue weighted by atomic mass is 32.2. The van der Waals surface area contributed by atoms with Crippen LogP contribution in [0.4, 0.5) is 0 Å². The largest absolute Gasteiger partial charge is 0.463 e. The number of aromatic nitrogens is 2. The minimum Gasteiger partial charge on any atom is -0.463 e. The molecule has 0 saturated heterocycles. The number of hydrogen-bond donors (Lipinski definition) is 0. The van der Waals surface area contributed by atoms with Gasteiger partial charge in [0.05, 0.1) is 12.1 Å². The molecule has 6 nitrogen and oxygen atoms in total. The number of pyridine rings is 2. The van der Waals surface area contributed by atoms with E-state index in [9.17, 15) is 4.79 Å². The van der Waals surface area contributed by atoms with Gasteiger partial charge in [-0.25, -0.2) is 27.9 Å². The Labute approximate surface area is 237 Å². The van der Waals surface area contributed by atoms with E-state index in [0.717, 1.165) is 42.2 Å². The summed E-state index contributed by atoms with van der Waals surface area (Å²) in [6.07, 6.45) is 16.3. The number of thioether (sulfide) groups is 2. The number of ether oxygens (including phenoxy) is 1. The lowest BCUT2D eigenvalue weighted by atomic mass is 9.82. The first-order chi connectivity index (χ1) is 18.5. The Kier molecular flexibility index (Phi) is 14.9. The molecule has 4 rings (SSSR count). The van der Waals surface area contributed by atoms with Crippen LogP contribution in [0.3, 0.4) is 0 Å². The van der Waals surface area contributed by atoms with Crippen LogP contribution in [-0.2, 0) is 9.53 Å². The molecule has 0 N–H and O–H groups in total. The number of esters is 1. The van der Waals surface area contributed by atoms with Crippen molar-refractivity contribution in [2.45, 2.75) is 104 Å². The van der Waals surface area contributed by atoms with Crippen molar-refractivity contribution in [1.82, 2.24) is 9.97 Å². The highest BCUT2D eigenvalue weighted by molar-refractivity contribution is 8.00. The van der Waals surface area contributed by atoms with Crippen molar-refractivity contribution in [3.63, 3.8) is 0 Å². The van der Waals surface area contributed by atoms with Gasteiger partial charge < -0.3 is 4.74 Å². The highest BCUT2D eigenvalue weighted by Crippen LogP contribution is 2.44. The van der Waals surface area contributed by atoms with Gasteiger partial charge in [-0.05, 0) is 73.9 Å². The van der Waals surface area contributed by atoms with Gasteiger partial charge in [-0.3, -0.25) is 9.69 Å². The normalized spacial score (nSPS) is 17.2. The van der Waals surface area contributed by atoms with Crippen molar-refractivity contribution >= 4 is 29.5 Å². The van der Waals surface area contributed by atoms with Crippen LogP contribution in [-0.4, -0.2) is 39.2 Å². The predicted octanol–water partition coefficient (Wildman–Crippen LogP) is 8.51. The fourth-order valence-corrected chi connectivity index (χ4v) is 6.53. The van der Waals surface area contributed by atoms with E-state index in [-0.39, 0.29) is 10.8 Å². The van der Waals surface area contributed by atoms with Crippen molar-refractivity contribution < 1.29 is 9.53 Å². The van der Waals surface area contributed by atoms with E-state index in [0.29, 0.717) is 12.8 Å². The zero-order chi connectivity index (χ0) is 27.5. The summed E-state index contributed by atoms with van der Waals surface area (Å²) in [5.74, 6) is 0.838. The van der Waals surface area contributed by atoms with Gasteiger partial charge in [0.2, 0.25) is 0 Å². The van der Waals surface area contributed by atoms with E-state index < -0.39 is 5.54 Å². The summed E-state index contributed by atoms with van der Waals surface area (Å²) in [6.45, 7) is 16.6. The Hall–Kier alpha value is -2.55. The van der Waals surface area contributed by atoms with E-state index in [1.165, 1.54) is 45.0 Å². The second-order valence-electron chi connectivity index (χ2n) is 9.45. The molecule has 2 saturated carbocycles. The van der Waals surface area contributed by atoms with Crippen LogP contribution in [0, 0.1) is 13.1 Å². The monoisotopic (exact) mass is 552 g/mol. The molecule has 0 unspecified atom stereocenters. The zero-order valence-corrected chi connectivity index (χ0v) is 24.4. The third-order valence-corrected chi connectivity index (χ3v) is 8.98. The third-order valence-electron chi connectivity index (χ3n) is 6.62. The molecule has 0 aliphatic heterocycles. The van der Waals surface area contributed by atoms with Gasteiger partial charge in [-0.15, -0.1) is 11.8 Å². The van der Waals surface area contributed by atoms with Crippen molar-refractivity contribution in [2.75, 3.05) is 12.9 Å². The maximum atomic E-state index is 11.3. The lowest BCUT2D eigenvalue weighted by Crippen LogP contribution is -2.38. The Morgan fingerprint density at radius 3 is 1.95 bits per heavy atom. The maximum absolute atomic E-state index is 11.3. The minimum absolute atomic E-state index is 0.230. The summed E-state index contributed by atoms with van der Waals surface area (Å²) in [4.78, 5) is 26.8. The number of methoxy groups -OCH3 is 1. The second-order valence-corrected chi connectivity index (χ2v) is 12.0. The Morgan fingerprint density at radius 2 is 1.47 bits per heavy atom.